The standard InChI is InChI=1S/C16H19BrN2O/c1-19(12-13-6-9-18-10-7-13)11-8-16(20)14-4-2-3-5-15(14)17/h2-7,9-10,16,20H,8,11-12H2,1H3. The summed E-state index contributed by atoms with van der Waals surface area (Å²) >= 11 is 3.48. The molecule has 4 heteroatoms. The molecule has 0 saturated heterocycles. The van der Waals surface area contributed by atoms with Crippen LogP contribution in [-0.4, -0.2) is 28.6 Å². The molecule has 2 rings (SSSR count). The van der Waals surface area contributed by atoms with Gasteiger partial charge in [0.05, 0.1) is 6.10 Å². The fourth-order valence-electron chi connectivity index (χ4n) is 2.12. The van der Waals surface area contributed by atoms with Gasteiger partial charge in [0, 0.05) is 30.0 Å². The molecule has 1 N–H and O–H groups in total. The summed E-state index contributed by atoms with van der Waals surface area (Å²) in [4.78, 5) is 6.22. The lowest BCUT2D eigenvalue weighted by Gasteiger charge is -2.19. The van der Waals surface area contributed by atoms with E-state index in [4.69, 9.17) is 0 Å². The largest absolute Gasteiger partial charge is 0.388 e. The number of aliphatic hydroxyl groups is 1. The van der Waals surface area contributed by atoms with E-state index < -0.39 is 6.10 Å². The van der Waals surface area contributed by atoms with Gasteiger partial charge in [-0.25, -0.2) is 0 Å². The van der Waals surface area contributed by atoms with E-state index >= 15 is 0 Å². The quantitative estimate of drug-likeness (QED) is 0.879. The fourth-order valence-corrected chi connectivity index (χ4v) is 2.67. The molecule has 20 heavy (non-hydrogen) atoms. The van der Waals surface area contributed by atoms with Crippen molar-refractivity contribution in [3.63, 3.8) is 0 Å². The molecule has 0 radical (unpaired) electrons. The van der Waals surface area contributed by atoms with E-state index in [9.17, 15) is 5.11 Å². The molecule has 106 valence electrons. The topological polar surface area (TPSA) is 36.4 Å². The number of aromatic nitrogens is 1. The van der Waals surface area contributed by atoms with Crippen LogP contribution in [0.4, 0.5) is 0 Å². The molecule has 0 aliphatic heterocycles. The van der Waals surface area contributed by atoms with Gasteiger partial charge in [-0.2, -0.15) is 0 Å². The Labute approximate surface area is 128 Å². The maximum absolute atomic E-state index is 10.2. The first-order valence-electron chi connectivity index (χ1n) is 6.67. The molecule has 0 fully saturated rings. The van der Waals surface area contributed by atoms with Crippen LogP contribution >= 0.6 is 15.9 Å². The van der Waals surface area contributed by atoms with Gasteiger partial charge in [-0.3, -0.25) is 4.98 Å². The van der Waals surface area contributed by atoms with Gasteiger partial charge >= 0.3 is 0 Å². The monoisotopic (exact) mass is 334 g/mol. The molecule has 0 saturated carbocycles. The average Bonchev–Trinajstić information content (AvgIpc) is 2.46. The van der Waals surface area contributed by atoms with Crippen molar-refractivity contribution in [2.24, 2.45) is 0 Å². The lowest BCUT2D eigenvalue weighted by Crippen LogP contribution is -2.21. The Morgan fingerprint density at radius 2 is 1.90 bits per heavy atom. The van der Waals surface area contributed by atoms with Crippen LogP contribution in [0.3, 0.4) is 0 Å². The van der Waals surface area contributed by atoms with E-state index in [0.717, 1.165) is 23.1 Å². The van der Waals surface area contributed by atoms with Gasteiger partial charge in [0.1, 0.15) is 0 Å². The zero-order valence-corrected chi connectivity index (χ0v) is 13.1. The fraction of sp³-hybridized carbons (Fsp3) is 0.312. The second-order valence-electron chi connectivity index (χ2n) is 4.92. The zero-order chi connectivity index (χ0) is 14.4. The molecule has 1 aromatic heterocycles. The van der Waals surface area contributed by atoms with E-state index in [-0.39, 0.29) is 0 Å². The third kappa shape index (κ3) is 4.40. The molecule has 0 spiro atoms. The van der Waals surface area contributed by atoms with Crippen LogP contribution in [-0.2, 0) is 6.54 Å². The second kappa shape index (κ2) is 7.53. The van der Waals surface area contributed by atoms with Gasteiger partial charge in [-0.15, -0.1) is 0 Å². The Bertz CT molecular complexity index is 533. The Kier molecular flexibility index (Phi) is 5.71. The van der Waals surface area contributed by atoms with E-state index in [1.54, 1.807) is 12.4 Å². The molecule has 1 aromatic carbocycles. The summed E-state index contributed by atoms with van der Waals surface area (Å²) in [6, 6.07) is 11.8. The Hall–Kier alpha value is -1.23. The maximum atomic E-state index is 10.2. The van der Waals surface area contributed by atoms with Gasteiger partial charge in [0.25, 0.3) is 0 Å². The predicted octanol–water partition coefficient (Wildman–Crippen LogP) is 3.40. The number of hydrogen-bond donors (Lipinski definition) is 1. The van der Waals surface area contributed by atoms with Crippen molar-refractivity contribution in [3.05, 3.63) is 64.4 Å². The molecular weight excluding hydrogens is 316 g/mol. The molecule has 0 amide bonds. The van der Waals surface area contributed by atoms with Gasteiger partial charge in [0.15, 0.2) is 0 Å². The van der Waals surface area contributed by atoms with Gasteiger partial charge in [-0.1, -0.05) is 34.1 Å². The third-order valence-electron chi connectivity index (χ3n) is 3.25. The van der Waals surface area contributed by atoms with Crippen molar-refractivity contribution in [2.75, 3.05) is 13.6 Å². The zero-order valence-electron chi connectivity index (χ0n) is 11.5. The van der Waals surface area contributed by atoms with E-state index in [2.05, 4.69) is 32.9 Å². The van der Waals surface area contributed by atoms with Crippen LogP contribution in [0.15, 0.2) is 53.3 Å². The van der Waals surface area contributed by atoms with Crippen LogP contribution in [0.1, 0.15) is 23.7 Å². The molecule has 1 atom stereocenters. The highest BCUT2D eigenvalue weighted by molar-refractivity contribution is 9.10. The van der Waals surface area contributed by atoms with Gasteiger partial charge in [0.2, 0.25) is 0 Å². The highest BCUT2D eigenvalue weighted by Gasteiger charge is 2.11. The van der Waals surface area contributed by atoms with E-state index in [1.807, 2.05) is 36.4 Å². The Morgan fingerprint density at radius 3 is 2.60 bits per heavy atom. The molecule has 1 unspecified atom stereocenters. The first kappa shape index (κ1) is 15.2. The summed E-state index contributed by atoms with van der Waals surface area (Å²) < 4.78 is 0.962. The lowest BCUT2D eigenvalue weighted by atomic mass is 10.1. The molecular formula is C16H19BrN2O. The van der Waals surface area contributed by atoms with Crippen LogP contribution in [0.25, 0.3) is 0 Å². The molecule has 0 aliphatic rings. The Balaban J connectivity index is 1.84. The van der Waals surface area contributed by atoms with Crippen molar-refractivity contribution in [1.82, 2.24) is 9.88 Å². The minimum absolute atomic E-state index is 0.439. The molecule has 1 heterocycles. The van der Waals surface area contributed by atoms with Gasteiger partial charge < -0.3 is 10.0 Å². The van der Waals surface area contributed by atoms with Crippen molar-refractivity contribution in [3.8, 4) is 0 Å². The van der Waals surface area contributed by atoms with Crippen molar-refractivity contribution < 1.29 is 5.11 Å². The smallest absolute Gasteiger partial charge is 0.0813 e. The van der Waals surface area contributed by atoms with Crippen molar-refractivity contribution in [1.29, 1.82) is 0 Å². The van der Waals surface area contributed by atoms with E-state index in [1.165, 1.54) is 5.56 Å². The summed E-state index contributed by atoms with van der Waals surface area (Å²) in [5, 5.41) is 10.2. The molecule has 2 aromatic rings. The number of nitrogens with zero attached hydrogens (tertiary/aromatic N) is 2. The number of pyridine rings is 1. The summed E-state index contributed by atoms with van der Waals surface area (Å²) in [7, 11) is 2.06. The minimum atomic E-state index is -0.439. The number of rotatable bonds is 6. The summed E-state index contributed by atoms with van der Waals surface area (Å²) in [5.74, 6) is 0. The Morgan fingerprint density at radius 1 is 1.20 bits per heavy atom. The number of hydrogen-bond acceptors (Lipinski definition) is 3. The number of benzene rings is 1. The SMILES string of the molecule is CN(CCC(O)c1ccccc1Br)Cc1ccncc1. The van der Waals surface area contributed by atoms with Crippen LogP contribution < -0.4 is 0 Å². The average molecular weight is 335 g/mol. The molecule has 0 aliphatic carbocycles. The highest BCUT2D eigenvalue weighted by Crippen LogP contribution is 2.25. The van der Waals surface area contributed by atoms with Gasteiger partial charge in [-0.05, 0) is 42.8 Å². The second-order valence-corrected chi connectivity index (χ2v) is 5.77. The van der Waals surface area contributed by atoms with Crippen LogP contribution in [0, 0.1) is 0 Å². The third-order valence-corrected chi connectivity index (χ3v) is 3.97. The van der Waals surface area contributed by atoms with Crippen molar-refractivity contribution in [2.45, 2.75) is 19.1 Å². The first-order valence-corrected chi connectivity index (χ1v) is 7.46. The summed E-state index contributed by atoms with van der Waals surface area (Å²) in [6.07, 6.45) is 3.88. The predicted molar refractivity (Wildman–Crippen MR) is 84.3 cm³/mol. The molecule has 3 nitrogen and oxygen atoms in total. The number of aliphatic hydroxyl groups excluding tert-OH is 1. The lowest BCUT2D eigenvalue weighted by molar-refractivity contribution is 0.147. The summed E-state index contributed by atoms with van der Waals surface area (Å²) in [5.41, 5.74) is 2.18. The van der Waals surface area contributed by atoms with Crippen LogP contribution in [0.5, 0.6) is 0 Å². The summed E-state index contributed by atoms with van der Waals surface area (Å²) in [6.45, 7) is 1.70. The highest BCUT2D eigenvalue weighted by atomic mass is 79.9. The van der Waals surface area contributed by atoms with E-state index in [0.29, 0.717) is 6.42 Å². The minimum Gasteiger partial charge on any atom is -0.388 e. The molecule has 0 bridgehead atoms. The van der Waals surface area contributed by atoms with Crippen molar-refractivity contribution >= 4 is 15.9 Å². The number of halogens is 1. The maximum Gasteiger partial charge on any atom is 0.0813 e. The normalized spacial score (nSPS) is 12.6. The first-order chi connectivity index (χ1) is 9.66. The van der Waals surface area contributed by atoms with Crippen LogP contribution in [0.2, 0.25) is 0 Å².